The molecule has 1 aromatic carbocycles. The van der Waals surface area contributed by atoms with Crippen molar-refractivity contribution >= 4 is 0 Å². The predicted octanol–water partition coefficient (Wildman–Crippen LogP) is 6.17. The zero-order valence-electron chi connectivity index (χ0n) is 14.8. The van der Waals surface area contributed by atoms with E-state index in [0.717, 1.165) is 44.0 Å². The Bertz CT molecular complexity index is 355. The third-order valence-corrected chi connectivity index (χ3v) is 3.88. The molecule has 0 radical (unpaired) electrons. The Kier molecular flexibility index (Phi) is 10.6. The monoisotopic (exact) mass is 306 g/mol. The third kappa shape index (κ3) is 8.31. The van der Waals surface area contributed by atoms with Gasteiger partial charge in [0.15, 0.2) is 0 Å². The Labute approximate surface area is 137 Å². The Hall–Kier alpha value is -1.18. The highest BCUT2D eigenvalue weighted by atomic mass is 16.5. The highest BCUT2D eigenvalue weighted by Gasteiger charge is 2.03. The van der Waals surface area contributed by atoms with Gasteiger partial charge in [-0.3, -0.25) is 0 Å². The lowest BCUT2D eigenvalue weighted by atomic mass is 10.1. The van der Waals surface area contributed by atoms with E-state index in [9.17, 15) is 0 Å². The van der Waals surface area contributed by atoms with Crippen molar-refractivity contribution < 1.29 is 9.47 Å². The number of ether oxygens (including phenoxy) is 2. The molecule has 0 aliphatic carbocycles. The first-order valence-electron chi connectivity index (χ1n) is 9.19. The third-order valence-electron chi connectivity index (χ3n) is 3.88. The standard InChI is InChI=1S/C20H34O2/c1-4-7-9-11-13-21-19-15-18(6-3)16-20(17-19)22-14-12-10-8-5-2/h15-17H,4-14H2,1-3H3. The van der Waals surface area contributed by atoms with Crippen LogP contribution in [0.2, 0.25) is 0 Å². The van der Waals surface area contributed by atoms with Crippen molar-refractivity contribution in [3.8, 4) is 11.5 Å². The highest BCUT2D eigenvalue weighted by molar-refractivity contribution is 5.38. The average molecular weight is 306 g/mol. The summed E-state index contributed by atoms with van der Waals surface area (Å²) in [4.78, 5) is 0. The van der Waals surface area contributed by atoms with Gasteiger partial charge in [-0.2, -0.15) is 0 Å². The smallest absolute Gasteiger partial charge is 0.123 e. The van der Waals surface area contributed by atoms with E-state index in [0.29, 0.717) is 0 Å². The van der Waals surface area contributed by atoms with E-state index in [2.05, 4.69) is 32.9 Å². The van der Waals surface area contributed by atoms with Crippen LogP contribution in [-0.2, 0) is 6.42 Å². The van der Waals surface area contributed by atoms with Gasteiger partial charge in [-0.05, 0) is 37.0 Å². The van der Waals surface area contributed by atoms with Crippen LogP contribution in [0, 0.1) is 0 Å². The van der Waals surface area contributed by atoms with Crippen molar-refractivity contribution in [2.75, 3.05) is 13.2 Å². The molecule has 0 heterocycles. The van der Waals surface area contributed by atoms with E-state index in [1.807, 2.05) is 6.07 Å². The molecule has 0 unspecified atom stereocenters. The van der Waals surface area contributed by atoms with E-state index in [1.54, 1.807) is 0 Å². The van der Waals surface area contributed by atoms with Crippen LogP contribution in [0.3, 0.4) is 0 Å². The van der Waals surface area contributed by atoms with E-state index in [1.165, 1.54) is 44.1 Å². The van der Waals surface area contributed by atoms with Crippen LogP contribution in [0.15, 0.2) is 18.2 Å². The first-order valence-corrected chi connectivity index (χ1v) is 9.19. The average Bonchev–Trinajstić information content (AvgIpc) is 2.54. The van der Waals surface area contributed by atoms with Gasteiger partial charge in [0, 0.05) is 6.07 Å². The summed E-state index contributed by atoms with van der Waals surface area (Å²) in [6.07, 6.45) is 10.9. The summed E-state index contributed by atoms with van der Waals surface area (Å²) in [5.74, 6) is 1.92. The minimum Gasteiger partial charge on any atom is -0.493 e. The Balaban J connectivity index is 2.42. The van der Waals surface area contributed by atoms with Crippen LogP contribution in [0.5, 0.6) is 11.5 Å². The second-order valence-corrected chi connectivity index (χ2v) is 5.98. The number of benzene rings is 1. The van der Waals surface area contributed by atoms with Crippen molar-refractivity contribution in [1.82, 2.24) is 0 Å². The fraction of sp³-hybridized carbons (Fsp3) is 0.700. The maximum Gasteiger partial charge on any atom is 0.123 e. The molecule has 0 spiro atoms. The van der Waals surface area contributed by atoms with Gasteiger partial charge in [0.05, 0.1) is 13.2 Å². The molecule has 2 nitrogen and oxygen atoms in total. The van der Waals surface area contributed by atoms with Crippen molar-refractivity contribution in [3.63, 3.8) is 0 Å². The molecule has 1 aromatic rings. The fourth-order valence-corrected chi connectivity index (χ4v) is 2.44. The molecule has 0 aliphatic rings. The zero-order chi connectivity index (χ0) is 16.0. The molecule has 0 bridgehead atoms. The summed E-state index contributed by atoms with van der Waals surface area (Å²) >= 11 is 0. The molecule has 0 aromatic heterocycles. The maximum absolute atomic E-state index is 5.90. The van der Waals surface area contributed by atoms with Crippen LogP contribution in [0.1, 0.15) is 77.7 Å². The van der Waals surface area contributed by atoms with Gasteiger partial charge in [-0.1, -0.05) is 59.3 Å². The molecule has 0 saturated carbocycles. The van der Waals surface area contributed by atoms with Gasteiger partial charge in [0.25, 0.3) is 0 Å². The van der Waals surface area contributed by atoms with Gasteiger partial charge >= 0.3 is 0 Å². The SMILES string of the molecule is CCCCCCOc1cc(CC)cc(OCCCCCC)c1. The lowest BCUT2D eigenvalue weighted by Gasteiger charge is -2.12. The Morgan fingerprint density at radius 1 is 0.636 bits per heavy atom. The topological polar surface area (TPSA) is 18.5 Å². The summed E-state index contributed by atoms with van der Waals surface area (Å²) in [5, 5.41) is 0. The fourth-order valence-electron chi connectivity index (χ4n) is 2.44. The van der Waals surface area contributed by atoms with E-state index < -0.39 is 0 Å². The van der Waals surface area contributed by atoms with Gasteiger partial charge in [-0.25, -0.2) is 0 Å². The summed E-state index contributed by atoms with van der Waals surface area (Å²) in [6, 6.07) is 6.33. The Morgan fingerprint density at radius 3 is 1.55 bits per heavy atom. The molecule has 1 rings (SSSR count). The number of aryl methyl sites for hydroxylation is 1. The molecule has 126 valence electrons. The van der Waals surface area contributed by atoms with Gasteiger partial charge in [-0.15, -0.1) is 0 Å². The first kappa shape index (κ1) is 18.9. The van der Waals surface area contributed by atoms with Gasteiger partial charge in [0.1, 0.15) is 11.5 Å². The quantitative estimate of drug-likeness (QED) is 0.406. The summed E-state index contributed by atoms with van der Waals surface area (Å²) < 4.78 is 11.8. The minimum atomic E-state index is 0.809. The largest absolute Gasteiger partial charge is 0.493 e. The van der Waals surface area contributed by atoms with E-state index in [-0.39, 0.29) is 0 Å². The molecular formula is C20H34O2. The van der Waals surface area contributed by atoms with E-state index in [4.69, 9.17) is 9.47 Å². The van der Waals surface area contributed by atoms with Crippen LogP contribution in [-0.4, -0.2) is 13.2 Å². The second-order valence-electron chi connectivity index (χ2n) is 5.98. The normalized spacial score (nSPS) is 10.7. The lowest BCUT2D eigenvalue weighted by molar-refractivity contribution is 0.290. The van der Waals surface area contributed by atoms with Crippen molar-refractivity contribution in [1.29, 1.82) is 0 Å². The van der Waals surface area contributed by atoms with Crippen molar-refractivity contribution in [2.45, 2.75) is 78.6 Å². The first-order chi connectivity index (χ1) is 10.8. The number of unbranched alkanes of at least 4 members (excludes halogenated alkanes) is 6. The highest BCUT2D eigenvalue weighted by Crippen LogP contribution is 2.24. The molecule has 0 amide bonds. The Morgan fingerprint density at radius 2 is 1.14 bits per heavy atom. The van der Waals surface area contributed by atoms with Crippen LogP contribution >= 0.6 is 0 Å². The van der Waals surface area contributed by atoms with Crippen LogP contribution in [0.4, 0.5) is 0 Å². The van der Waals surface area contributed by atoms with Gasteiger partial charge < -0.3 is 9.47 Å². The maximum atomic E-state index is 5.90. The van der Waals surface area contributed by atoms with Crippen LogP contribution < -0.4 is 9.47 Å². The molecule has 0 atom stereocenters. The molecule has 0 saturated heterocycles. The summed E-state index contributed by atoms with van der Waals surface area (Å²) in [5.41, 5.74) is 1.29. The molecule has 0 N–H and O–H groups in total. The molecule has 2 heteroatoms. The second kappa shape index (κ2) is 12.4. The number of hydrogen-bond donors (Lipinski definition) is 0. The molecule has 22 heavy (non-hydrogen) atoms. The van der Waals surface area contributed by atoms with E-state index >= 15 is 0 Å². The van der Waals surface area contributed by atoms with Crippen molar-refractivity contribution in [2.24, 2.45) is 0 Å². The number of hydrogen-bond acceptors (Lipinski definition) is 2. The van der Waals surface area contributed by atoms with Crippen molar-refractivity contribution in [3.05, 3.63) is 23.8 Å². The molecule has 0 aliphatic heterocycles. The summed E-state index contributed by atoms with van der Waals surface area (Å²) in [7, 11) is 0. The molecular weight excluding hydrogens is 272 g/mol. The van der Waals surface area contributed by atoms with Crippen LogP contribution in [0.25, 0.3) is 0 Å². The predicted molar refractivity (Wildman–Crippen MR) is 95.1 cm³/mol. The lowest BCUT2D eigenvalue weighted by Crippen LogP contribution is -2.01. The summed E-state index contributed by atoms with van der Waals surface area (Å²) in [6.45, 7) is 8.25. The number of rotatable bonds is 13. The molecule has 0 fully saturated rings. The van der Waals surface area contributed by atoms with Gasteiger partial charge in [0.2, 0.25) is 0 Å². The minimum absolute atomic E-state index is 0.809. The zero-order valence-corrected chi connectivity index (χ0v) is 14.8.